The molecule has 2 aromatic heterocycles. The molecule has 8 aromatic carbocycles. The molecule has 0 radical (unpaired) electrons. The molecule has 2 nitrogen and oxygen atoms in total. The Morgan fingerprint density at radius 1 is 0.389 bits per heavy atom. The molecule has 0 fully saturated rings. The van der Waals surface area contributed by atoms with Crippen molar-refractivity contribution in [3.05, 3.63) is 193 Å². The molecule has 0 bridgehead atoms. The number of nitrogens with zero attached hydrogens (tertiary/aromatic N) is 2. The Morgan fingerprint density at radius 3 is 1.65 bits per heavy atom. The Morgan fingerprint density at radius 2 is 0.907 bits per heavy atom. The van der Waals surface area contributed by atoms with Gasteiger partial charge in [0.25, 0.3) is 0 Å². The van der Waals surface area contributed by atoms with Crippen molar-refractivity contribution in [2.45, 2.75) is 19.3 Å². The quantitative estimate of drug-likeness (QED) is 0.168. The first-order chi connectivity index (χ1) is 26.5. The third-order valence-corrected chi connectivity index (χ3v) is 11.8. The lowest BCUT2D eigenvalue weighted by molar-refractivity contribution is 0.661. The molecular weight excluding hydrogens is 653 g/mol. The minimum atomic E-state index is -0.141. The molecule has 1 aliphatic rings. The molecular formula is C52H36N2. The van der Waals surface area contributed by atoms with E-state index in [1.54, 1.807) is 0 Å². The van der Waals surface area contributed by atoms with Crippen molar-refractivity contribution in [3.8, 4) is 50.3 Å². The molecule has 54 heavy (non-hydrogen) atoms. The lowest BCUT2D eigenvalue weighted by Crippen LogP contribution is -2.15. The maximum Gasteiger partial charge on any atom is 0.0788 e. The maximum atomic E-state index is 5.13. The predicted octanol–water partition coefficient (Wildman–Crippen LogP) is 13.8. The van der Waals surface area contributed by atoms with Gasteiger partial charge in [-0.1, -0.05) is 147 Å². The van der Waals surface area contributed by atoms with E-state index in [-0.39, 0.29) is 5.41 Å². The number of hydrogen-bond donors (Lipinski definition) is 0. The summed E-state index contributed by atoms with van der Waals surface area (Å²) >= 11 is 0. The minimum Gasteiger partial charge on any atom is -0.309 e. The van der Waals surface area contributed by atoms with Gasteiger partial charge in [-0.15, -0.1) is 0 Å². The van der Waals surface area contributed by atoms with Crippen LogP contribution in [-0.2, 0) is 5.41 Å². The zero-order valence-corrected chi connectivity index (χ0v) is 30.2. The molecule has 0 spiro atoms. The summed E-state index contributed by atoms with van der Waals surface area (Å²) in [7, 11) is 0. The van der Waals surface area contributed by atoms with E-state index in [2.05, 4.69) is 200 Å². The molecule has 0 amide bonds. The highest BCUT2D eigenvalue weighted by Gasteiger charge is 2.36. The predicted molar refractivity (Wildman–Crippen MR) is 227 cm³/mol. The third kappa shape index (κ3) is 4.56. The van der Waals surface area contributed by atoms with Crippen molar-refractivity contribution >= 4 is 43.5 Å². The lowest BCUT2D eigenvalue weighted by Gasteiger charge is -2.22. The Bertz CT molecular complexity index is 3110. The molecule has 2 heterocycles. The van der Waals surface area contributed by atoms with Gasteiger partial charge >= 0.3 is 0 Å². The first kappa shape index (κ1) is 30.8. The van der Waals surface area contributed by atoms with Crippen molar-refractivity contribution < 1.29 is 0 Å². The van der Waals surface area contributed by atoms with Gasteiger partial charge in [0, 0.05) is 38.2 Å². The smallest absolute Gasteiger partial charge is 0.0788 e. The van der Waals surface area contributed by atoms with Crippen LogP contribution in [0.4, 0.5) is 0 Å². The van der Waals surface area contributed by atoms with Gasteiger partial charge in [0.1, 0.15) is 0 Å². The van der Waals surface area contributed by atoms with E-state index in [1.165, 1.54) is 88.2 Å². The standard InChI is InChI=1S/C52H36N2/c1-52(2)46-31-36(33-20-22-34(23-21-33)51-44-17-7-6-14-39(44)42-15-8-10-18-48(42)53-51)24-27-40(46)41-28-25-37(32-47(41)52)35-26-29-50-45(30-35)43-16-9-11-19-49(43)54(50)38-12-4-3-5-13-38/h3-32H,1-2H3. The van der Waals surface area contributed by atoms with Gasteiger partial charge in [-0.25, -0.2) is 4.98 Å². The molecule has 0 saturated heterocycles. The van der Waals surface area contributed by atoms with Crippen molar-refractivity contribution in [1.82, 2.24) is 9.55 Å². The molecule has 0 unspecified atom stereocenters. The highest BCUT2D eigenvalue weighted by atomic mass is 15.0. The van der Waals surface area contributed by atoms with E-state index in [9.17, 15) is 0 Å². The average molecular weight is 689 g/mol. The minimum absolute atomic E-state index is 0.141. The highest BCUT2D eigenvalue weighted by Crippen LogP contribution is 2.51. The van der Waals surface area contributed by atoms with E-state index in [1.807, 2.05) is 0 Å². The second-order valence-electron chi connectivity index (χ2n) is 15.2. The van der Waals surface area contributed by atoms with Gasteiger partial charge in [-0.2, -0.15) is 0 Å². The third-order valence-electron chi connectivity index (χ3n) is 11.8. The van der Waals surface area contributed by atoms with Gasteiger partial charge in [-0.3, -0.25) is 0 Å². The summed E-state index contributed by atoms with van der Waals surface area (Å²) in [5.74, 6) is 0. The van der Waals surface area contributed by atoms with E-state index >= 15 is 0 Å². The molecule has 2 heteroatoms. The Hall–Kier alpha value is -6.77. The van der Waals surface area contributed by atoms with Crippen molar-refractivity contribution in [2.24, 2.45) is 0 Å². The monoisotopic (exact) mass is 688 g/mol. The summed E-state index contributed by atoms with van der Waals surface area (Å²) in [6.45, 7) is 4.75. The van der Waals surface area contributed by atoms with E-state index < -0.39 is 0 Å². The van der Waals surface area contributed by atoms with Gasteiger partial charge in [0.05, 0.1) is 22.2 Å². The van der Waals surface area contributed by atoms with Crippen LogP contribution >= 0.6 is 0 Å². The molecule has 1 aliphatic carbocycles. The first-order valence-corrected chi connectivity index (χ1v) is 18.8. The largest absolute Gasteiger partial charge is 0.309 e. The Kier molecular flexibility index (Phi) is 6.63. The van der Waals surface area contributed by atoms with Crippen LogP contribution in [0, 0.1) is 0 Å². The van der Waals surface area contributed by atoms with Crippen LogP contribution in [0.15, 0.2) is 182 Å². The normalized spacial score (nSPS) is 13.1. The van der Waals surface area contributed by atoms with Crippen molar-refractivity contribution in [1.29, 1.82) is 0 Å². The van der Waals surface area contributed by atoms with Gasteiger partial charge in [0.15, 0.2) is 0 Å². The van der Waals surface area contributed by atoms with Gasteiger partial charge < -0.3 is 4.57 Å². The van der Waals surface area contributed by atoms with E-state index in [4.69, 9.17) is 4.98 Å². The zero-order valence-electron chi connectivity index (χ0n) is 30.2. The van der Waals surface area contributed by atoms with Crippen LogP contribution in [0.3, 0.4) is 0 Å². The number of hydrogen-bond acceptors (Lipinski definition) is 1. The average Bonchev–Trinajstić information content (AvgIpc) is 3.68. The van der Waals surface area contributed by atoms with Crippen LogP contribution in [0.2, 0.25) is 0 Å². The molecule has 0 atom stereocenters. The molecule has 254 valence electrons. The number of rotatable bonds is 4. The number of fused-ring (bicyclic) bond motifs is 9. The lowest BCUT2D eigenvalue weighted by atomic mass is 9.80. The fourth-order valence-electron chi connectivity index (χ4n) is 9.05. The number of aromatic nitrogens is 2. The molecule has 0 saturated carbocycles. The molecule has 11 rings (SSSR count). The summed E-state index contributed by atoms with van der Waals surface area (Å²) in [6, 6.07) is 66.5. The highest BCUT2D eigenvalue weighted by molar-refractivity contribution is 6.12. The van der Waals surface area contributed by atoms with Crippen molar-refractivity contribution in [2.75, 3.05) is 0 Å². The number of pyridine rings is 1. The van der Waals surface area contributed by atoms with Crippen LogP contribution in [-0.4, -0.2) is 9.55 Å². The second kappa shape index (κ2) is 11.6. The summed E-state index contributed by atoms with van der Waals surface area (Å²) in [6.07, 6.45) is 0. The SMILES string of the molecule is CC1(C)c2cc(-c3ccc(-c4nc5ccccc5c5ccccc45)cc3)ccc2-c2ccc(-c3ccc4c(c3)c3ccccc3n4-c3ccccc3)cc21. The number of para-hydroxylation sites is 3. The summed E-state index contributed by atoms with van der Waals surface area (Å²) in [5.41, 5.74) is 17.0. The topological polar surface area (TPSA) is 17.8 Å². The molecule has 0 aliphatic heterocycles. The van der Waals surface area contributed by atoms with E-state index in [0.717, 1.165) is 16.8 Å². The van der Waals surface area contributed by atoms with Gasteiger partial charge in [-0.05, 0) is 98.4 Å². The fourth-order valence-corrected chi connectivity index (χ4v) is 9.05. The maximum absolute atomic E-state index is 5.13. The summed E-state index contributed by atoms with van der Waals surface area (Å²) in [5, 5.41) is 6.15. The second-order valence-corrected chi connectivity index (χ2v) is 15.2. The summed E-state index contributed by atoms with van der Waals surface area (Å²) < 4.78 is 2.38. The van der Waals surface area contributed by atoms with Crippen molar-refractivity contribution in [3.63, 3.8) is 0 Å². The van der Waals surface area contributed by atoms with Gasteiger partial charge in [0.2, 0.25) is 0 Å². The Labute approximate surface area is 314 Å². The van der Waals surface area contributed by atoms with Crippen LogP contribution in [0.25, 0.3) is 93.8 Å². The molecule has 10 aromatic rings. The summed E-state index contributed by atoms with van der Waals surface area (Å²) in [4.78, 5) is 5.13. The van der Waals surface area contributed by atoms with Crippen LogP contribution < -0.4 is 0 Å². The van der Waals surface area contributed by atoms with Crippen LogP contribution in [0.1, 0.15) is 25.0 Å². The van der Waals surface area contributed by atoms with Crippen LogP contribution in [0.5, 0.6) is 0 Å². The zero-order chi connectivity index (χ0) is 36.0. The molecule has 0 N–H and O–H groups in total. The Balaban J connectivity index is 0.950. The van der Waals surface area contributed by atoms with E-state index in [0.29, 0.717) is 0 Å². The number of benzene rings is 8. The first-order valence-electron chi connectivity index (χ1n) is 18.8. The fraction of sp³-hybridized carbons (Fsp3) is 0.0577.